The van der Waals surface area contributed by atoms with E-state index in [1.165, 1.54) is 19.3 Å². The summed E-state index contributed by atoms with van der Waals surface area (Å²) in [6.45, 7) is 9.63. The summed E-state index contributed by atoms with van der Waals surface area (Å²) in [5.41, 5.74) is 0.301. The molecule has 3 saturated heterocycles. The molecule has 1 spiro atoms. The summed E-state index contributed by atoms with van der Waals surface area (Å²) in [5, 5.41) is 106. The lowest BCUT2D eigenvalue weighted by molar-refractivity contribution is -0.400. The van der Waals surface area contributed by atoms with Crippen molar-refractivity contribution in [2.45, 2.75) is 176 Å². The zero-order valence-corrected chi connectivity index (χ0v) is 31.4. The standard InChI is InChI=1S/C38H62O16/c1-17-12-37-10-6-21-35(2,3)8-5-9-36(21,4)22(37)7-11-38(17,16-37)54-34-31(53-33-29(48)27(46)24(43)19(14-40)50-33)30(25(44)20(15-41)51-34)52-32-28(47)26(45)23(42)18(13-39)49-32/h18-34,39-48H,1,5-16H2,2-4H3/t18-,19-,20-,21-,22+,23-,24-,25-,26+,27+,28-,29-,30+,31-,32+,33+,34+,36-,37-,38+/m1/s1. The molecule has 0 aromatic carbocycles. The predicted octanol–water partition coefficient (Wildman–Crippen LogP) is -1.44. The van der Waals surface area contributed by atoms with Crippen LogP contribution >= 0.6 is 0 Å². The molecule has 0 aromatic rings. The molecule has 310 valence electrons. The first-order valence-corrected chi connectivity index (χ1v) is 19.7. The van der Waals surface area contributed by atoms with Crippen molar-refractivity contribution in [3.63, 3.8) is 0 Å². The van der Waals surface area contributed by atoms with Gasteiger partial charge in [0.1, 0.15) is 73.2 Å². The number of hydrogen-bond acceptors (Lipinski definition) is 16. The summed E-state index contributed by atoms with van der Waals surface area (Å²) in [5.74, 6) is 1.05. The van der Waals surface area contributed by atoms with Crippen LogP contribution < -0.4 is 0 Å². The molecule has 0 radical (unpaired) electrons. The molecular weight excluding hydrogens is 712 g/mol. The Hall–Kier alpha value is -0.900. The monoisotopic (exact) mass is 774 g/mol. The van der Waals surface area contributed by atoms with Gasteiger partial charge in [0.15, 0.2) is 18.9 Å². The smallest absolute Gasteiger partial charge is 0.188 e. The topological polar surface area (TPSA) is 258 Å². The first kappa shape index (κ1) is 41.3. The summed E-state index contributed by atoms with van der Waals surface area (Å²) in [6.07, 6.45) is -16.1. The van der Waals surface area contributed by atoms with E-state index in [-0.39, 0.29) is 16.2 Å². The normalized spacial score (nSPS) is 54.5. The zero-order valence-electron chi connectivity index (χ0n) is 31.4. The van der Waals surface area contributed by atoms with Crippen molar-refractivity contribution >= 4 is 0 Å². The lowest BCUT2D eigenvalue weighted by atomic mass is 9.41. The van der Waals surface area contributed by atoms with Gasteiger partial charge in [0.2, 0.25) is 0 Å². The van der Waals surface area contributed by atoms with Crippen molar-refractivity contribution in [3.8, 4) is 0 Å². The average molecular weight is 775 g/mol. The summed E-state index contributed by atoms with van der Waals surface area (Å²) in [6, 6.07) is 0. The second-order valence-corrected chi connectivity index (χ2v) is 18.3. The molecule has 3 aliphatic heterocycles. The summed E-state index contributed by atoms with van der Waals surface area (Å²) < 4.78 is 36.9. The fraction of sp³-hybridized carbons (Fsp3) is 0.947. The Bertz CT molecular complexity index is 1350. The van der Waals surface area contributed by atoms with Crippen molar-refractivity contribution in [3.05, 3.63) is 12.2 Å². The third kappa shape index (κ3) is 6.63. The molecule has 3 heterocycles. The van der Waals surface area contributed by atoms with E-state index in [1.54, 1.807) is 0 Å². The van der Waals surface area contributed by atoms with E-state index in [0.717, 1.165) is 31.3 Å². The van der Waals surface area contributed by atoms with E-state index in [0.29, 0.717) is 24.7 Å². The largest absolute Gasteiger partial charge is 0.394 e. The summed E-state index contributed by atoms with van der Waals surface area (Å²) in [7, 11) is 0. The van der Waals surface area contributed by atoms with Gasteiger partial charge < -0.3 is 79.5 Å². The van der Waals surface area contributed by atoms with Gasteiger partial charge >= 0.3 is 0 Å². The highest BCUT2D eigenvalue weighted by Crippen LogP contribution is 2.73. The molecule has 10 N–H and O–H groups in total. The highest BCUT2D eigenvalue weighted by molar-refractivity contribution is 5.30. The number of fused-ring (bicyclic) bond motifs is 3. The maximum atomic E-state index is 11.6. The molecule has 54 heavy (non-hydrogen) atoms. The fourth-order valence-electron chi connectivity index (χ4n) is 12.2. The average Bonchev–Trinajstić information content (AvgIpc) is 3.33. The van der Waals surface area contributed by atoms with Gasteiger partial charge in [-0.2, -0.15) is 0 Å². The quantitative estimate of drug-likeness (QED) is 0.0951. The molecule has 0 aromatic heterocycles. The summed E-state index contributed by atoms with van der Waals surface area (Å²) >= 11 is 0. The first-order valence-electron chi connectivity index (χ1n) is 19.7. The Morgan fingerprint density at radius 2 is 1.13 bits per heavy atom. The molecule has 4 saturated carbocycles. The molecule has 7 rings (SSSR count). The Morgan fingerprint density at radius 1 is 0.611 bits per heavy atom. The molecule has 20 atom stereocenters. The highest BCUT2D eigenvalue weighted by Gasteiger charge is 2.68. The van der Waals surface area contributed by atoms with E-state index in [2.05, 4.69) is 27.4 Å². The van der Waals surface area contributed by atoms with Gasteiger partial charge in [0, 0.05) is 0 Å². The maximum absolute atomic E-state index is 11.6. The van der Waals surface area contributed by atoms with Gasteiger partial charge in [0.25, 0.3) is 0 Å². The highest BCUT2D eigenvalue weighted by atomic mass is 16.8. The minimum atomic E-state index is -1.87. The van der Waals surface area contributed by atoms with Crippen LogP contribution in [0.1, 0.15) is 78.6 Å². The first-order chi connectivity index (χ1) is 25.5. The Kier molecular flexibility index (Phi) is 11.5. The molecule has 0 unspecified atom stereocenters. The van der Waals surface area contributed by atoms with Crippen LogP contribution in [0.4, 0.5) is 0 Å². The number of aliphatic hydroxyl groups is 10. The molecule has 16 heteroatoms. The van der Waals surface area contributed by atoms with Gasteiger partial charge in [-0.3, -0.25) is 0 Å². The molecular formula is C38H62O16. The Morgan fingerprint density at radius 3 is 1.70 bits per heavy atom. The van der Waals surface area contributed by atoms with E-state index < -0.39 is 118 Å². The number of ether oxygens (including phenoxy) is 6. The minimum absolute atomic E-state index is 0.0710. The Labute approximate surface area is 315 Å². The van der Waals surface area contributed by atoms with E-state index in [9.17, 15) is 51.1 Å². The molecule has 4 aliphatic carbocycles. The van der Waals surface area contributed by atoms with Crippen molar-refractivity contribution in [1.29, 1.82) is 0 Å². The molecule has 7 aliphatic rings. The second kappa shape index (κ2) is 15.0. The van der Waals surface area contributed by atoms with Crippen LogP contribution in [0.25, 0.3) is 0 Å². The molecule has 16 nitrogen and oxygen atoms in total. The number of hydrogen-bond donors (Lipinski definition) is 10. The van der Waals surface area contributed by atoms with Crippen molar-refractivity contribution in [2.75, 3.05) is 19.8 Å². The fourth-order valence-corrected chi connectivity index (χ4v) is 12.2. The minimum Gasteiger partial charge on any atom is -0.394 e. The molecule has 0 amide bonds. The van der Waals surface area contributed by atoms with E-state index in [4.69, 9.17) is 28.4 Å². The van der Waals surface area contributed by atoms with E-state index >= 15 is 0 Å². The van der Waals surface area contributed by atoms with Crippen LogP contribution in [0.2, 0.25) is 0 Å². The van der Waals surface area contributed by atoms with Gasteiger partial charge in [-0.15, -0.1) is 0 Å². The van der Waals surface area contributed by atoms with Crippen LogP contribution in [-0.4, -0.2) is 169 Å². The number of aliphatic hydroxyl groups excluding tert-OH is 10. The lowest BCUT2D eigenvalue weighted by Gasteiger charge is -2.64. The van der Waals surface area contributed by atoms with Crippen molar-refractivity contribution in [2.24, 2.45) is 28.1 Å². The van der Waals surface area contributed by atoms with Crippen LogP contribution in [0.15, 0.2) is 12.2 Å². The maximum Gasteiger partial charge on any atom is 0.188 e. The number of rotatable bonds is 9. The van der Waals surface area contributed by atoms with E-state index in [1.807, 2.05) is 0 Å². The van der Waals surface area contributed by atoms with Crippen LogP contribution in [0.3, 0.4) is 0 Å². The van der Waals surface area contributed by atoms with Gasteiger partial charge in [0.05, 0.1) is 25.4 Å². The third-order valence-corrected chi connectivity index (χ3v) is 14.8. The van der Waals surface area contributed by atoms with Crippen LogP contribution in [0, 0.1) is 28.1 Å². The van der Waals surface area contributed by atoms with Crippen molar-refractivity contribution < 1.29 is 79.5 Å². The zero-order chi connectivity index (χ0) is 39.1. The Balaban J connectivity index is 1.21. The van der Waals surface area contributed by atoms with Crippen LogP contribution in [0.5, 0.6) is 0 Å². The third-order valence-electron chi connectivity index (χ3n) is 14.8. The SMILES string of the molecule is C=C1C[C@@]23CC[C@@H]4C(C)(C)CCC[C@@]4(C)[C@@H]2CC[C@]1(O[C@@H]1O[C@H](CO)[C@@H](O)[C@H](O[C@@H]2O[C@H](CO)[C@@H](O)[C@H](O)[C@H]2O)[C@H]1O[C@@H]1O[C@H](CO)[C@@H](O)[C@H](O)[C@H]1O)C3. The van der Waals surface area contributed by atoms with Crippen molar-refractivity contribution in [1.82, 2.24) is 0 Å². The molecule has 7 fully saturated rings. The summed E-state index contributed by atoms with van der Waals surface area (Å²) in [4.78, 5) is 0. The molecule has 2 bridgehead atoms. The van der Waals surface area contributed by atoms with Gasteiger partial charge in [-0.05, 0) is 85.0 Å². The van der Waals surface area contributed by atoms with Gasteiger partial charge in [-0.1, -0.05) is 33.8 Å². The predicted molar refractivity (Wildman–Crippen MR) is 185 cm³/mol. The van der Waals surface area contributed by atoms with Gasteiger partial charge in [-0.25, -0.2) is 0 Å². The lowest BCUT2D eigenvalue weighted by Crippen LogP contribution is -2.68. The second-order valence-electron chi connectivity index (χ2n) is 18.3. The van der Waals surface area contributed by atoms with Crippen LogP contribution in [-0.2, 0) is 28.4 Å².